The van der Waals surface area contributed by atoms with Gasteiger partial charge < -0.3 is 5.73 Å². The number of likely N-dealkylation sites (tertiary alicyclic amines) is 1. The summed E-state index contributed by atoms with van der Waals surface area (Å²) >= 11 is 0. The van der Waals surface area contributed by atoms with Crippen molar-refractivity contribution in [2.24, 2.45) is 11.6 Å². The van der Waals surface area contributed by atoms with Crippen molar-refractivity contribution >= 4 is 11.8 Å². The number of piperidine rings is 1. The fourth-order valence-electron chi connectivity index (χ4n) is 2.83. The molecule has 1 aliphatic heterocycles. The van der Waals surface area contributed by atoms with E-state index in [0.717, 1.165) is 36.9 Å². The molecule has 2 amide bonds. The number of carbonyl (C=O) groups excluding carboxylic acids is 2. The van der Waals surface area contributed by atoms with Crippen molar-refractivity contribution in [3.8, 4) is 0 Å². The van der Waals surface area contributed by atoms with E-state index in [4.69, 9.17) is 11.6 Å². The minimum atomic E-state index is -0.271. The number of hydrogen-bond acceptors (Lipinski definition) is 4. The summed E-state index contributed by atoms with van der Waals surface area (Å²) in [6, 6.07) is 7.50. The minimum absolute atomic E-state index is 0.213. The third-order valence-corrected chi connectivity index (χ3v) is 3.95. The molecule has 1 aromatic rings. The van der Waals surface area contributed by atoms with E-state index in [1.165, 1.54) is 0 Å². The zero-order valence-corrected chi connectivity index (χ0v) is 12.0. The van der Waals surface area contributed by atoms with E-state index in [1.54, 1.807) is 0 Å². The van der Waals surface area contributed by atoms with Crippen molar-refractivity contribution in [3.05, 3.63) is 35.4 Å². The third kappa shape index (κ3) is 4.03. The molecule has 114 valence electrons. The van der Waals surface area contributed by atoms with Gasteiger partial charge in [0.2, 0.25) is 11.8 Å². The average molecular weight is 290 g/mol. The van der Waals surface area contributed by atoms with Crippen LogP contribution in [-0.2, 0) is 22.6 Å². The second-order valence-electron chi connectivity index (χ2n) is 5.40. The van der Waals surface area contributed by atoms with Gasteiger partial charge in [0.05, 0.1) is 12.5 Å². The van der Waals surface area contributed by atoms with Gasteiger partial charge in [0.25, 0.3) is 0 Å². The van der Waals surface area contributed by atoms with Crippen LogP contribution in [0, 0.1) is 0 Å². The molecule has 0 aliphatic carbocycles. The molecule has 6 heteroatoms. The zero-order valence-electron chi connectivity index (χ0n) is 12.0. The molecule has 2 rings (SSSR count). The Bertz CT molecular complexity index is 518. The maximum Gasteiger partial charge on any atom is 0.238 e. The van der Waals surface area contributed by atoms with Crippen LogP contribution in [-0.4, -0.2) is 29.3 Å². The average Bonchev–Trinajstić information content (AvgIpc) is 2.49. The Morgan fingerprint density at radius 3 is 2.62 bits per heavy atom. The molecule has 0 aromatic heterocycles. The van der Waals surface area contributed by atoms with E-state index < -0.39 is 0 Å². The molecular formula is C15H22N4O2. The Labute approximate surface area is 124 Å². The molecule has 5 N–H and O–H groups in total. The van der Waals surface area contributed by atoms with Gasteiger partial charge in [0.1, 0.15) is 0 Å². The van der Waals surface area contributed by atoms with E-state index in [9.17, 15) is 9.59 Å². The number of carbonyl (C=O) groups is 2. The molecule has 0 spiro atoms. The summed E-state index contributed by atoms with van der Waals surface area (Å²) in [4.78, 5) is 25.1. The summed E-state index contributed by atoms with van der Waals surface area (Å²) in [6.45, 7) is 1.48. The normalized spacial score (nSPS) is 19.2. The van der Waals surface area contributed by atoms with Crippen LogP contribution in [0.25, 0.3) is 0 Å². The molecule has 1 saturated heterocycles. The van der Waals surface area contributed by atoms with Gasteiger partial charge in [0, 0.05) is 6.54 Å². The Morgan fingerprint density at radius 1 is 1.24 bits per heavy atom. The SMILES string of the molecule is NNC(=O)Cc1ccccc1CN1CCCCC1C(N)=O. The predicted octanol–water partition coefficient (Wildman–Crippen LogP) is 0.0588. The first-order valence-corrected chi connectivity index (χ1v) is 7.21. The van der Waals surface area contributed by atoms with Crippen LogP contribution in [0.5, 0.6) is 0 Å². The minimum Gasteiger partial charge on any atom is -0.368 e. The van der Waals surface area contributed by atoms with Crippen LogP contribution in [0.2, 0.25) is 0 Å². The molecule has 1 atom stereocenters. The number of nitrogens with two attached hydrogens (primary N) is 2. The lowest BCUT2D eigenvalue weighted by Gasteiger charge is -2.34. The van der Waals surface area contributed by atoms with Gasteiger partial charge in [-0.05, 0) is 30.5 Å². The quantitative estimate of drug-likeness (QED) is 0.405. The van der Waals surface area contributed by atoms with Gasteiger partial charge in [-0.25, -0.2) is 5.84 Å². The van der Waals surface area contributed by atoms with Gasteiger partial charge in [0.15, 0.2) is 0 Å². The summed E-state index contributed by atoms with van der Waals surface area (Å²) in [5.74, 6) is 4.64. The number of nitrogens with zero attached hydrogens (tertiary/aromatic N) is 1. The highest BCUT2D eigenvalue weighted by atomic mass is 16.2. The van der Waals surface area contributed by atoms with Gasteiger partial charge in [-0.1, -0.05) is 30.7 Å². The van der Waals surface area contributed by atoms with Crippen molar-refractivity contribution in [3.63, 3.8) is 0 Å². The van der Waals surface area contributed by atoms with Crippen molar-refractivity contribution in [1.29, 1.82) is 0 Å². The van der Waals surface area contributed by atoms with Crippen LogP contribution >= 0.6 is 0 Å². The van der Waals surface area contributed by atoms with E-state index in [0.29, 0.717) is 6.54 Å². The number of hydrogen-bond donors (Lipinski definition) is 3. The maximum atomic E-state index is 11.6. The Hall–Kier alpha value is -1.92. The molecule has 1 aliphatic rings. The summed E-state index contributed by atoms with van der Waals surface area (Å²) in [5.41, 5.74) is 9.60. The highest BCUT2D eigenvalue weighted by Crippen LogP contribution is 2.21. The Morgan fingerprint density at radius 2 is 1.95 bits per heavy atom. The van der Waals surface area contributed by atoms with Crippen molar-refractivity contribution < 1.29 is 9.59 Å². The van der Waals surface area contributed by atoms with E-state index in [2.05, 4.69) is 10.3 Å². The highest BCUT2D eigenvalue weighted by Gasteiger charge is 2.27. The fourth-order valence-corrected chi connectivity index (χ4v) is 2.83. The molecule has 0 bridgehead atoms. The smallest absolute Gasteiger partial charge is 0.238 e. The molecule has 1 fully saturated rings. The molecule has 6 nitrogen and oxygen atoms in total. The van der Waals surface area contributed by atoms with Gasteiger partial charge in [-0.3, -0.25) is 19.9 Å². The number of amides is 2. The lowest BCUT2D eigenvalue weighted by Crippen LogP contribution is -2.47. The van der Waals surface area contributed by atoms with Crippen LogP contribution in [0.15, 0.2) is 24.3 Å². The molecule has 1 aromatic carbocycles. The summed E-state index contributed by atoms with van der Waals surface area (Å²) in [5, 5.41) is 0. The molecule has 0 radical (unpaired) electrons. The van der Waals surface area contributed by atoms with Gasteiger partial charge >= 0.3 is 0 Å². The van der Waals surface area contributed by atoms with E-state index >= 15 is 0 Å². The number of benzene rings is 1. The van der Waals surface area contributed by atoms with Crippen molar-refractivity contribution in [2.75, 3.05) is 6.54 Å². The first-order valence-electron chi connectivity index (χ1n) is 7.21. The molecule has 1 unspecified atom stereocenters. The van der Waals surface area contributed by atoms with E-state index in [1.807, 2.05) is 24.3 Å². The lowest BCUT2D eigenvalue weighted by atomic mass is 9.98. The van der Waals surface area contributed by atoms with Crippen LogP contribution in [0.3, 0.4) is 0 Å². The first-order chi connectivity index (χ1) is 10.1. The second kappa shape index (κ2) is 7.19. The largest absolute Gasteiger partial charge is 0.368 e. The van der Waals surface area contributed by atoms with Crippen LogP contribution in [0.4, 0.5) is 0 Å². The van der Waals surface area contributed by atoms with Gasteiger partial charge in [-0.15, -0.1) is 0 Å². The highest BCUT2D eigenvalue weighted by molar-refractivity contribution is 5.80. The predicted molar refractivity (Wildman–Crippen MR) is 79.7 cm³/mol. The molecule has 21 heavy (non-hydrogen) atoms. The van der Waals surface area contributed by atoms with Crippen LogP contribution < -0.4 is 17.0 Å². The number of nitrogens with one attached hydrogen (secondary N) is 1. The Kier molecular flexibility index (Phi) is 5.30. The number of primary amides is 1. The number of rotatable bonds is 5. The maximum absolute atomic E-state index is 11.6. The lowest BCUT2D eigenvalue weighted by molar-refractivity contribution is -0.124. The topological polar surface area (TPSA) is 101 Å². The second-order valence-corrected chi connectivity index (χ2v) is 5.40. The molecule has 1 heterocycles. The van der Waals surface area contributed by atoms with Gasteiger partial charge in [-0.2, -0.15) is 0 Å². The Balaban J connectivity index is 2.14. The monoisotopic (exact) mass is 290 g/mol. The first kappa shape index (κ1) is 15.5. The molecular weight excluding hydrogens is 268 g/mol. The summed E-state index contributed by atoms with van der Waals surface area (Å²) in [7, 11) is 0. The summed E-state index contributed by atoms with van der Waals surface area (Å²) in [6.07, 6.45) is 3.14. The third-order valence-electron chi connectivity index (χ3n) is 3.95. The molecule has 0 saturated carbocycles. The van der Waals surface area contributed by atoms with E-state index in [-0.39, 0.29) is 24.3 Å². The summed E-state index contributed by atoms with van der Waals surface area (Å²) < 4.78 is 0. The van der Waals surface area contributed by atoms with Crippen molar-refractivity contribution in [2.45, 2.75) is 38.3 Å². The van der Waals surface area contributed by atoms with Crippen molar-refractivity contribution in [1.82, 2.24) is 10.3 Å². The standard InChI is InChI=1S/C15H22N4O2/c16-15(21)13-7-3-4-8-19(13)10-12-6-2-1-5-11(12)9-14(20)18-17/h1-2,5-6,13H,3-4,7-10,17H2,(H2,16,21)(H,18,20). The zero-order chi connectivity index (χ0) is 15.2. The fraction of sp³-hybridized carbons (Fsp3) is 0.467. The number of hydrazine groups is 1. The van der Waals surface area contributed by atoms with Crippen LogP contribution in [0.1, 0.15) is 30.4 Å².